The van der Waals surface area contributed by atoms with Crippen LogP contribution in [-0.4, -0.2) is 15.9 Å². The number of anilines is 1. The number of carbonyl (C=O) groups excluding carboxylic acids is 1. The van der Waals surface area contributed by atoms with Gasteiger partial charge in [0.05, 0.1) is 0 Å². The number of hydrogen-bond acceptors (Lipinski definition) is 3. The van der Waals surface area contributed by atoms with Crippen LogP contribution in [0.25, 0.3) is 0 Å². The molecule has 1 aliphatic carbocycles. The van der Waals surface area contributed by atoms with Crippen LogP contribution < -0.4 is 5.32 Å². The molecule has 1 fully saturated rings. The maximum absolute atomic E-state index is 12.2. The lowest BCUT2D eigenvalue weighted by molar-refractivity contribution is -0.118. The van der Waals surface area contributed by atoms with E-state index >= 15 is 0 Å². The monoisotopic (exact) mass is 267 g/mol. The largest absolute Gasteiger partial charge is 0.294 e. The van der Waals surface area contributed by atoms with Gasteiger partial charge < -0.3 is 0 Å². The van der Waals surface area contributed by atoms with Crippen LogP contribution in [0.15, 0.2) is 6.07 Å². The summed E-state index contributed by atoms with van der Waals surface area (Å²) in [4.78, 5) is 20.3. The fourth-order valence-electron chi connectivity index (χ4n) is 2.62. The first-order valence-corrected chi connectivity index (χ1v) is 6.36. The number of carbonyl (C=O) groups is 1. The molecule has 2 rings (SSSR count). The molecule has 0 atom stereocenters. The van der Waals surface area contributed by atoms with E-state index in [-0.39, 0.29) is 28.6 Å². The summed E-state index contributed by atoms with van der Waals surface area (Å²) in [5, 5.41) is 3.09. The molecule has 5 heteroatoms. The number of nitrogens with zero attached hydrogens (tertiary/aromatic N) is 2. The van der Waals surface area contributed by atoms with E-state index in [1.165, 1.54) is 0 Å². The van der Waals surface area contributed by atoms with Crippen LogP contribution in [0.4, 0.5) is 5.95 Å². The van der Waals surface area contributed by atoms with Gasteiger partial charge in [-0.2, -0.15) is 0 Å². The molecule has 98 valence electrons. The van der Waals surface area contributed by atoms with E-state index in [0.29, 0.717) is 5.15 Å². The molecule has 0 bridgehead atoms. The first-order chi connectivity index (χ1) is 8.16. The van der Waals surface area contributed by atoms with Crippen LogP contribution in [-0.2, 0) is 4.79 Å². The molecule has 0 aromatic carbocycles. The maximum atomic E-state index is 12.2. The van der Waals surface area contributed by atoms with Gasteiger partial charge in [0.1, 0.15) is 5.15 Å². The summed E-state index contributed by atoms with van der Waals surface area (Å²) in [6.07, 6.45) is 0. The van der Waals surface area contributed by atoms with E-state index in [9.17, 15) is 4.79 Å². The van der Waals surface area contributed by atoms with E-state index < -0.39 is 0 Å². The van der Waals surface area contributed by atoms with Gasteiger partial charge in [0.25, 0.3) is 0 Å². The van der Waals surface area contributed by atoms with Crippen LogP contribution in [0.2, 0.25) is 5.15 Å². The van der Waals surface area contributed by atoms with Crippen LogP contribution >= 0.6 is 11.6 Å². The van der Waals surface area contributed by atoms with Gasteiger partial charge in [-0.1, -0.05) is 39.3 Å². The van der Waals surface area contributed by atoms with Crippen LogP contribution in [0.1, 0.15) is 33.4 Å². The molecule has 1 aromatic heterocycles. The molecular formula is C13H18ClN3O. The average Bonchev–Trinajstić information content (AvgIpc) is 2.54. The standard InChI is InChI=1S/C13H18ClN3O/c1-7-6-8(14)16-11(15-7)17-10(18)9-12(2,3)13(9,4)5/h6,9H,1-5H3,(H,15,16,17,18). The Morgan fingerprint density at radius 1 is 1.28 bits per heavy atom. The second-order valence-corrected chi connectivity index (χ2v) is 6.41. The van der Waals surface area contributed by atoms with E-state index in [4.69, 9.17) is 11.6 Å². The Kier molecular flexibility index (Phi) is 2.89. The first kappa shape index (κ1) is 13.3. The van der Waals surface area contributed by atoms with Gasteiger partial charge in [-0.05, 0) is 23.8 Å². The molecule has 1 aliphatic rings. The maximum Gasteiger partial charge on any atom is 0.231 e. The summed E-state index contributed by atoms with van der Waals surface area (Å²) in [6.45, 7) is 10.2. The zero-order valence-corrected chi connectivity index (χ0v) is 12.1. The van der Waals surface area contributed by atoms with Gasteiger partial charge in [0.2, 0.25) is 11.9 Å². The summed E-state index contributed by atoms with van der Waals surface area (Å²) in [5.41, 5.74) is 0.745. The summed E-state index contributed by atoms with van der Waals surface area (Å²) >= 11 is 5.84. The van der Waals surface area contributed by atoms with E-state index in [1.807, 2.05) is 6.92 Å². The highest BCUT2D eigenvalue weighted by Crippen LogP contribution is 2.68. The molecule has 1 heterocycles. The normalized spacial score (nSPS) is 20.6. The molecule has 18 heavy (non-hydrogen) atoms. The van der Waals surface area contributed by atoms with Gasteiger partial charge in [0, 0.05) is 11.6 Å². The van der Waals surface area contributed by atoms with E-state index in [1.54, 1.807) is 6.07 Å². The molecule has 1 amide bonds. The SMILES string of the molecule is Cc1cc(Cl)nc(NC(=O)C2C(C)(C)C2(C)C)n1. The van der Waals surface area contributed by atoms with Crippen molar-refractivity contribution in [2.45, 2.75) is 34.6 Å². The van der Waals surface area contributed by atoms with Gasteiger partial charge in [-0.3, -0.25) is 10.1 Å². The predicted molar refractivity (Wildman–Crippen MR) is 71.5 cm³/mol. The zero-order valence-electron chi connectivity index (χ0n) is 11.3. The topological polar surface area (TPSA) is 54.9 Å². The third-order valence-electron chi connectivity index (χ3n) is 4.34. The number of hydrogen-bond donors (Lipinski definition) is 1. The Morgan fingerprint density at radius 2 is 1.83 bits per heavy atom. The molecule has 0 radical (unpaired) electrons. The smallest absolute Gasteiger partial charge is 0.231 e. The summed E-state index contributed by atoms with van der Waals surface area (Å²) < 4.78 is 0. The van der Waals surface area contributed by atoms with Gasteiger partial charge >= 0.3 is 0 Å². The average molecular weight is 268 g/mol. The van der Waals surface area contributed by atoms with Crippen molar-refractivity contribution in [3.8, 4) is 0 Å². The first-order valence-electron chi connectivity index (χ1n) is 5.98. The Bertz CT molecular complexity index is 477. The highest BCUT2D eigenvalue weighted by molar-refractivity contribution is 6.29. The lowest BCUT2D eigenvalue weighted by Crippen LogP contribution is -2.19. The highest BCUT2D eigenvalue weighted by atomic mass is 35.5. The summed E-state index contributed by atoms with van der Waals surface area (Å²) in [6, 6.07) is 1.65. The minimum atomic E-state index is -0.0355. The van der Waals surface area contributed by atoms with Crippen LogP contribution in [0, 0.1) is 23.7 Å². The highest BCUT2D eigenvalue weighted by Gasteiger charge is 2.68. The van der Waals surface area contributed by atoms with Crippen molar-refractivity contribution in [3.05, 3.63) is 16.9 Å². The quantitative estimate of drug-likeness (QED) is 0.838. The van der Waals surface area contributed by atoms with Crippen LogP contribution in [0.5, 0.6) is 0 Å². The van der Waals surface area contributed by atoms with Crippen molar-refractivity contribution in [2.24, 2.45) is 16.7 Å². The lowest BCUT2D eigenvalue weighted by Gasteiger charge is -2.05. The number of amides is 1. The molecule has 1 aromatic rings. The number of aromatic nitrogens is 2. The minimum absolute atomic E-state index is 0.00467. The molecular weight excluding hydrogens is 250 g/mol. The number of nitrogens with one attached hydrogen (secondary N) is 1. The van der Waals surface area contributed by atoms with E-state index in [0.717, 1.165) is 5.69 Å². The third kappa shape index (κ3) is 1.99. The predicted octanol–water partition coefficient (Wildman–Crippen LogP) is 3.06. The fraction of sp³-hybridized carbons (Fsp3) is 0.615. The van der Waals surface area contributed by atoms with E-state index in [2.05, 4.69) is 43.0 Å². The molecule has 1 N–H and O–H groups in total. The Balaban J connectivity index is 2.14. The van der Waals surface area contributed by atoms with Crippen LogP contribution in [0.3, 0.4) is 0 Å². The number of aryl methyl sites for hydroxylation is 1. The lowest BCUT2D eigenvalue weighted by atomic mass is 10.0. The minimum Gasteiger partial charge on any atom is -0.294 e. The summed E-state index contributed by atoms with van der Waals surface area (Å²) in [5.74, 6) is 0.225. The summed E-state index contributed by atoms with van der Waals surface area (Å²) in [7, 11) is 0. The molecule has 1 saturated carbocycles. The molecule has 0 spiro atoms. The molecule has 0 aliphatic heterocycles. The van der Waals surface area contributed by atoms with Gasteiger partial charge in [-0.25, -0.2) is 9.97 Å². The van der Waals surface area contributed by atoms with Crippen molar-refractivity contribution in [2.75, 3.05) is 5.32 Å². The number of halogens is 1. The van der Waals surface area contributed by atoms with Gasteiger partial charge in [0.15, 0.2) is 0 Å². The van der Waals surface area contributed by atoms with Crippen molar-refractivity contribution < 1.29 is 4.79 Å². The van der Waals surface area contributed by atoms with Crippen molar-refractivity contribution in [1.82, 2.24) is 9.97 Å². The zero-order chi connectivity index (χ0) is 13.7. The third-order valence-corrected chi connectivity index (χ3v) is 4.53. The number of rotatable bonds is 2. The van der Waals surface area contributed by atoms with Crippen molar-refractivity contribution in [1.29, 1.82) is 0 Å². The second kappa shape index (κ2) is 3.92. The van der Waals surface area contributed by atoms with Crippen molar-refractivity contribution in [3.63, 3.8) is 0 Å². The Labute approximate surface area is 112 Å². The van der Waals surface area contributed by atoms with Crippen molar-refractivity contribution >= 4 is 23.5 Å². The van der Waals surface area contributed by atoms with Gasteiger partial charge in [-0.15, -0.1) is 0 Å². The Hall–Kier alpha value is -1.16. The Morgan fingerprint density at radius 3 is 2.28 bits per heavy atom. The molecule has 0 saturated heterocycles. The molecule has 0 unspecified atom stereocenters. The second-order valence-electron chi connectivity index (χ2n) is 6.02. The molecule has 4 nitrogen and oxygen atoms in total. The fourth-order valence-corrected chi connectivity index (χ4v) is 2.86.